The van der Waals surface area contributed by atoms with Gasteiger partial charge in [-0.05, 0) is 33.1 Å². The molecular formula is C14H24O2. The van der Waals surface area contributed by atoms with Crippen molar-refractivity contribution < 1.29 is 10.2 Å². The molecule has 0 fully saturated rings. The van der Waals surface area contributed by atoms with Crippen LogP contribution in [0.5, 0.6) is 0 Å². The normalized spacial score (nSPS) is 28.5. The molecule has 2 unspecified atom stereocenters. The van der Waals surface area contributed by atoms with Gasteiger partial charge < -0.3 is 10.2 Å². The van der Waals surface area contributed by atoms with E-state index in [1.165, 1.54) is 11.1 Å². The van der Waals surface area contributed by atoms with Crippen molar-refractivity contribution in [3.63, 3.8) is 0 Å². The number of aliphatic hydroxyl groups excluding tert-OH is 2. The zero-order valence-electron chi connectivity index (χ0n) is 10.8. The maximum absolute atomic E-state index is 9.61. The Morgan fingerprint density at radius 1 is 1.44 bits per heavy atom. The van der Waals surface area contributed by atoms with Crippen molar-refractivity contribution in [1.82, 2.24) is 0 Å². The van der Waals surface area contributed by atoms with Crippen molar-refractivity contribution in [2.75, 3.05) is 13.2 Å². The first kappa shape index (κ1) is 13.5. The number of hydrogen-bond donors (Lipinski definition) is 2. The lowest BCUT2D eigenvalue weighted by Gasteiger charge is -2.41. The molecule has 16 heavy (non-hydrogen) atoms. The molecule has 0 radical (unpaired) electrons. The van der Waals surface area contributed by atoms with Gasteiger partial charge in [0.05, 0.1) is 13.2 Å². The molecule has 2 N–H and O–H groups in total. The van der Waals surface area contributed by atoms with Gasteiger partial charge in [-0.15, -0.1) is 0 Å². The predicted octanol–water partition coefficient (Wildman–Crippen LogP) is 2.53. The van der Waals surface area contributed by atoms with Crippen molar-refractivity contribution in [3.05, 3.63) is 23.3 Å². The minimum absolute atomic E-state index is 0.0477. The monoisotopic (exact) mass is 224 g/mol. The van der Waals surface area contributed by atoms with Crippen LogP contribution in [-0.2, 0) is 0 Å². The third kappa shape index (κ3) is 2.55. The molecule has 0 aromatic rings. The Balaban J connectivity index is 3.11. The second kappa shape index (κ2) is 5.15. The first-order chi connectivity index (χ1) is 7.45. The third-order valence-corrected chi connectivity index (χ3v) is 3.78. The summed E-state index contributed by atoms with van der Waals surface area (Å²) in [5.74, 6) is 0.602. The van der Waals surface area contributed by atoms with Gasteiger partial charge in [-0.1, -0.05) is 30.2 Å². The zero-order chi connectivity index (χ0) is 12.3. The van der Waals surface area contributed by atoms with E-state index in [4.69, 9.17) is 0 Å². The van der Waals surface area contributed by atoms with Crippen molar-refractivity contribution in [1.29, 1.82) is 0 Å². The number of rotatable bonds is 3. The minimum Gasteiger partial charge on any atom is -0.396 e. The Kier molecular flexibility index (Phi) is 4.34. The van der Waals surface area contributed by atoms with E-state index in [0.29, 0.717) is 5.92 Å². The van der Waals surface area contributed by atoms with Crippen LogP contribution < -0.4 is 0 Å². The minimum atomic E-state index is -0.379. The summed E-state index contributed by atoms with van der Waals surface area (Å²) in [5, 5.41) is 19.2. The van der Waals surface area contributed by atoms with Crippen LogP contribution in [0.1, 0.15) is 34.1 Å². The highest BCUT2D eigenvalue weighted by atomic mass is 16.3. The molecule has 0 aliphatic heterocycles. The lowest BCUT2D eigenvalue weighted by molar-refractivity contribution is 0.0116. The number of aliphatic hydroxyl groups is 2. The van der Waals surface area contributed by atoms with Crippen LogP contribution in [0.25, 0.3) is 0 Å². The van der Waals surface area contributed by atoms with E-state index in [2.05, 4.69) is 39.8 Å². The molecule has 2 heteroatoms. The molecule has 0 saturated heterocycles. The summed E-state index contributed by atoms with van der Waals surface area (Å²) in [6, 6.07) is 0. The third-order valence-electron chi connectivity index (χ3n) is 3.78. The van der Waals surface area contributed by atoms with Crippen molar-refractivity contribution in [3.8, 4) is 0 Å². The molecule has 0 heterocycles. The predicted molar refractivity (Wildman–Crippen MR) is 67.1 cm³/mol. The van der Waals surface area contributed by atoms with Crippen LogP contribution in [0.15, 0.2) is 23.3 Å². The topological polar surface area (TPSA) is 40.5 Å². The molecular weight excluding hydrogens is 200 g/mol. The number of hydrogen-bond acceptors (Lipinski definition) is 2. The highest BCUT2D eigenvalue weighted by Gasteiger charge is 2.40. The van der Waals surface area contributed by atoms with Gasteiger partial charge in [0, 0.05) is 11.3 Å². The van der Waals surface area contributed by atoms with Crippen LogP contribution in [-0.4, -0.2) is 23.4 Å². The van der Waals surface area contributed by atoms with Gasteiger partial charge in [0.2, 0.25) is 0 Å². The first-order valence-electron chi connectivity index (χ1n) is 6.00. The summed E-state index contributed by atoms with van der Waals surface area (Å²) < 4.78 is 0. The molecule has 0 aromatic heterocycles. The molecule has 2 nitrogen and oxygen atoms in total. The van der Waals surface area contributed by atoms with Gasteiger partial charge >= 0.3 is 0 Å². The van der Waals surface area contributed by atoms with E-state index in [-0.39, 0.29) is 24.5 Å². The van der Waals surface area contributed by atoms with E-state index in [1.54, 1.807) is 0 Å². The first-order valence-corrected chi connectivity index (χ1v) is 6.00. The second-order valence-electron chi connectivity index (χ2n) is 5.46. The summed E-state index contributed by atoms with van der Waals surface area (Å²) in [5.41, 5.74) is 2.21. The van der Waals surface area contributed by atoms with E-state index >= 15 is 0 Å². The zero-order valence-corrected chi connectivity index (χ0v) is 10.8. The maximum Gasteiger partial charge on any atom is 0.0518 e. The quantitative estimate of drug-likeness (QED) is 0.723. The molecule has 1 aliphatic carbocycles. The van der Waals surface area contributed by atoms with Gasteiger partial charge in [0.1, 0.15) is 0 Å². The molecule has 0 spiro atoms. The largest absolute Gasteiger partial charge is 0.396 e. The molecule has 1 aliphatic rings. The van der Waals surface area contributed by atoms with Crippen LogP contribution >= 0.6 is 0 Å². The molecule has 0 bridgehead atoms. The van der Waals surface area contributed by atoms with Crippen molar-refractivity contribution in [2.45, 2.75) is 34.1 Å². The fourth-order valence-corrected chi connectivity index (χ4v) is 2.51. The average molecular weight is 224 g/mol. The van der Waals surface area contributed by atoms with E-state index in [1.807, 2.05) is 0 Å². The van der Waals surface area contributed by atoms with Gasteiger partial charge in [-0.25, -0.2) is 0 Å². The standard InChI is InChI=1S/C14H24O2/c1-10(2)5-13-6-11(3)12(4)7-14(13,8-15)9-16/h5-6,12-13,15-16H,7-9H2,1-4H3. The lowest BCUT2D eigenvalue weighted by Crippen LogP contribution is -2.41. The Bertz CT molecular complexity index is 294. The fourth-order valence-electron chi connectivity index (χ4n) is 2.51. The van der Waals surface area contributed by atoms with Crippen molar-refractivity contribution in [2.24, 2.45) is 17.3 Å². The Labute approximate surface area is 98.7 Å². The summed E-state index contributed by atoms with van der Waals surface area (Å²) in [6.45, 7) is 8.50. The Hall–Kier alpha value is -0.600. The van der Waals surface area contributed by atoms with E-state index < -0.39 is 0 Å². The van der Waals surface area contributed by atoms with Crippen LogP contribution in [0.4, 0.5) is 0 Å². The maximum atomic E-state index is 9.61. The van der Waals surface area contributed by atoms with Crippen LogP contribution in [0, 0.1) is 17.3 Å². The van der Waals surface area contributed by atoms with Gasteiger partial charge in [0.25, 0.3) is 0 Å². The highest BCUT2D eigenvalue weighted by molar-refractivity contribution is 5.21. The highest BCUT2D eigenvalue weighted by Crippen LogP contribution is 2.43. The fraction of sp³-hybridized carbons (Fsp3) is 0.714. The Morgan fingerprint density at radius 3 is 2.44 bits per heavy atom. The Morgan fingerprint density at radius 2 is 2.00 bits per heavy atom. The van der Waals surface area contributed by atoms with E-state index in [9.17, 15) is 10.2 Å². The molecule has 92 valence electrons. The number of allylic oxidation sites excluding steroid dienone is 4. The molecule has 2 atom stereocenters. The summed E-state index contributed by atoms with van der Waals surface area (Å²) in [6.07, 6.45) is 5.21. The molecule has 0 amide bonds. The van der Waals surface area contributed by atoms with Gasteiger partial charge in [0.15, 0.2) is 0 Å². The molecule has 0 saturated carbocycles. The van der Waals surface area contributed by atoms with Crippen LogP contribution in [0.2, 0.25) is 0 Å². The summed E-state index contributed by atoms with van der Waals surface area (Å²) in [4.78, 5) is 0. The average Bonchev–Trinajstić information content (AvgIpc) is 2.23. The second-order valence-corrected chi connectivity index (χ2v) is 5.46. The molecule has 0 aromatic carbocycles. The summed E-state index contributed by atoms with van der Waals surface area (Å²) >= 11 is 0. The molecule has 1 rings (SSSR count). The lowest BCUT2D eigenvalue weighted by atomic mass is 9.65. The van der Waals surface area contributed by atoms with Crippen molar-refractivity contribution >= 4 is 0 Å². The van der Waals surface area contributed by atoms with Gasteiger partial charge in [-0.2, -0.15) is 0 Å². The van der Waals surface area contributed by atoms with Crippen LogP contribution in [0.3, 0.4) is 0 Å². The summed E-state index contributed by atoms with van der Waals surface area (Å²) in [7, 11) is 0. The SMILES string of the molecule is CC(C)=CC1C=C(C)C(C)CC1(CO)CO. The van der Waals surface area contributed by atoms with Gasteiger partial charge in [-0.3, -0.25) is 0 Å². The smallest absolute Gasteiger partial charge is 0.0518 e. The van der Waals surface area contributed by atoms with E-state index in [0.717, 1.165) is 6.42 Å².